The molecule has 0 amide bonds. The number of fused-ring (bicyclic) bond motifs is 2. The normalized spacial score (nSPS) is 11.4. The van der Waals surface area contributed by atoms with Gasteiger partial charge in [0.1, 0.15) is 11.6 Å². The van der Waals surface area contributed by atoms with Crippen LogP contribution in [0.5, 0.6) is 0 Å². The van der Waals surface area contributed by atoms with Crippen LogP contribution in [-0.4, -0.2) is 42.0 Å². The van der Waals surface area contributed by atoms with Crippen molar-refractivity contribution in [2.24, 2.45) is 0 Å². The van der Waals surface area contributed by atoms with Crippen molar-refractivity contribution in [1.29, 1.82) is 0 Å². The molecule has 0 aliphatic carbocycles. The summed E-state index contributed by atoms with van der Waals surface area (Å²) in [5, 5.41) is 0. The third-order valence-electron chi connectivity index (χ3n) is 18.8. The summed E-state index contributed by atoms with van der Waals surface area (Å²) in [6.45, 7) is 21.3. The Labute approximate surface area is 700 Å². The molecular weight excluding hydrogens is 1750 g/mol. The summed E-state index contributed by atoms with van der Waals surface area (Å²) in [5.74, 6) is 2.01. The van der Waals surface area contributed by atoms with E-state index in [0.717, 1.165) is 79.4 Å². The van der Waals surface area contributed by atoms with Crippen LogP contribution in [0.1, 0.15) is 49.9 Å². The van der Waals surface area contributed by atoms with E-state index in [-0.39, 0.29) is 40.2 Å². The zero-order chi connectivity index (χ0) is 77.4. The van der Waals surface area contributed by atoms with Gasteiger partial charge in [-0.25, -0.2) is 9.97 Å². The Morgan fingerprint density at radius 1 is 0.272 bits per heavy atom. The second kappa shape index (κ2) is 41.2. The van der Waals surface area contributed by atoms with E-state index in [2.05, 4.69) is 252 Å². The van der Waals surface area contributed by atoms with E-state index in [0.29, 0.717) is 12.1 Å². The summed E-state index contributed by atoms with van der Waals surface area (Å²) in [7, 11) is 0. The van der Waals surface area contributed by atoms with Crippen LogP contribution in [0.3, 0.4) is 0 Å². The SMILES string of the molecule is CC(C)N1[CH-]N(c2[c-]cccc2)c2cccnc21.CC(C)N1[CH-]N(c2[c-]cccc2)c2cccnc21.Cc1cc(-c2[c-]cccc2)ncc1-c1ccccc1.Cc1cc(-c2[c-]cccc2)ncc1-c1ccccc1.Cc1cc(-c2[c-]cccc2)ncc1-c1ccccc1.Cc1cc(-c2[c-]cccc2)ncc1-c1ccccc1.[Ir].[Ir]. The Morgan fingerprint density at radius 2 is 0.518 bits per heavy atom. The van der Waals surface area contributed by atoms with Crippen LogP contribution in [0.25, 0.3) is 89.5 Å². The molecule has 0 saturated heterocycles. The second-order valence-electron chi connectivity index (χ2n) is 27.3. The Balaban J connectivity index is 0.000000134. The van der Waals surface area contributed by atoms with E-state index in [1.807, 2.05) is 256 Å². The van der Waals surface area contributed by atoms with Gasteiger partial charge in [0, 0.05) is 99.6 Å². The van der Waals surface area contributed by atoms with E-state index in [1.165, 1.54) is 66.8 Å². The fourth-order valence-electron chi connectivity index (χ4n) is 12.9. The topological polar surface area (TPSA) is 90.3 Å². The van der Waals surface area contributed by atoms with Gasteiger partial charge >= 0.3 is 0 Å². The van der Waals surface area contributed by atoms with Gasteiger partial charge < -0.3 is 39.5 Å². The van der Waals surface area contributed by atoms with Gasteiger partial charge in [0.25, 0.3) is 0 Å². The van der Waals surface area contributed by atoms with Crippen LogP contribution in [0, 0.1) is 77.4 Å². The summed E-state index contributed by atoms with van der Waals surface area (Å²) in [4.78, 5) is 35.8. The summed E-state index contributed by atoms with van der Waals surface area (Å²) in [6.07, 6.45) is 11.4. The molecule has 18 rings (SSSR count). The van der Waals surface area contributed by atoms with Crippen LogP contribution in [0.4, 0.5) is 34.4 Å². The molecule has 570 valence electrons. The summed E-state index contributed by atoms with van der Waals surface area (Å²) in [5.41, 5.74) is 26.8. The molecule has 16 aromatic rings. The summed E-state index contributed by atoms with van der Waals surface area (Å²) < 4.78 is 0. The molecule has 0 spiro atoms. The predicted molar refractivity (Wildman–Crippen MR) is 462 cm³/mol. The molecule has 2 radical (unpaired) electrons. The maximum absolute atomic E-state index is 4.55. The molecule has 2 aliphatic heterocycles. The molecule has 10 nitrogen and oxygen atoms in total. The Morgan fingerprint density at radius 3 is 0.737 bits per heavy atom. The number of anilines is 6. The molecule has 2 aliphatic rings. The smallest absolute Gasteiger partial charge is 0.122 e. The maximum Gasteiger partial charge on any atom is 0.122 e. The van der Waals surface area contributed by atoms with Crippen molar-refractivity contribution >= 4 is 34.4 Å². The van der Waals surface area contributed by atoms with E-state index in [1.54, 1.807) is 0 Å². The molecule has 0 unspecified atom stereocenters. The first kappa shape index (κ1) is 82.6. The van der Waals surface area contributed by atoms with Gasteiger partial charge in [-0.15, -0.1) is 168 Å². The predicted octanol–water partition coefficient (Wildman–Crippen LogP) is 24.8. The molecule has 6 aromatic heterocycles. The van der Waals surface area contributed by atoms with Crippen molar-refractivity contribution in [3.05, 3.63) is 425 Å². The fourth-order valence-corrected chi connectivity index (χ4v) is 12.9. The zero-order valence-electron chi connectivity index (χ0n) is 64.9. The van der Waals surface area contributed by atoms with E-state index < -0.39 is 0 Å². The van der Waals surface area contributed by atoms with Gasteiger partial charge in [-0.05, 0) is 159 Å². The summed E-state index contributed by atoms with van der Waals surface area (Å²) >= 11 is 0. The Kier molecular flexibility index (Phi) is 29.8. The van der Waals surface area contributed by atoms with Crippen molar-refractivity contribution in [2.75, 3.05) is 19.6 Å². The second-order valence-corrected chi connectivity index (χ2v) is 27.3. The molecule has 114 heavy (non-hydrogen) atoms. The van der Waals surface area contributed by atoms with Gasteiger partial charge in [0.2, 0.25) is 0 Å². The van der Waals surface area contributed by atoms with Crippen molar-refractivity contribution < 1.29 is 40.2 Å². The van der Waals surface area contributed by atoms with Gasteiger partial charge in [0.15, 0.2) is 0 Å². The van der Waals surface area contributed by atoms with E-state index >= 15 is 0 Å². The minimum absolute atomic E-state index is 0. The molecule has 0 N–H and O–H groups in total. The first-order chi connectivity index (χ1) is 54.9. The maximum atomic E-state index is 4.55. The van der Waals surface area contributed by atoms with Crippen LogP contribution >= 0.6 is 0 Å². The van der Waals surface area contributed by atoms with Crippen molar-refractivity contribution in [3.63, 3.8) is 0 Å². The van der Waals surface area contributed by atoms with Crippen LogP contribution < -0.4 is 19.6 Å². The van der Waals surface area contributed by atoms with Gasteiger partial charge in [0.05, 0.1) is 11.4 Å². The van der Waals surface area contributed by atoms with Gasteiger partial charge in [-0.3, -0.25) is 0 Å². The molecular formula is C102H86Ir2N10-8. The van der Waals surface area contributed by atoms with E-state index in [9.17, 15) is 0 Å². The number of pyridine rings is 6. The third-order valence-corrected chi connectivity index (χ3v) is 18.8. The average Bonchev–Trinajstić information content (AvgIpc) is 1.64. The molecule has 0 fully saturated rings. The van der Waals surface area contributed by atoms with Crippen LogP contribution in [-0.2, 0) is 40.2 Å². The van der Waals surface area contributed by atoms with Gasteiger partial charge in [-0.1, -0.05) is 146 Å². The third kappa shape index (κ3) is 21.2. The van der Waals surface area contributed by atoms with Crippen molar-refractivity contribution in [2.45, 2.75) is 67.5 Å². The van der Waals surface area contributed by atoms with Crippen LogP contribution in [0.15, 0.2) is 353 Å². The number of aromatic nitrogens is 6. The summed E-state index contributed by atoms with van der Waals surface area (Å²) in [6, 6.07) is 126. The van der Waals surface area contributed by atoms with Gasteiger partial charge in [-0.2, -0.15) is 60.7 Å². The minimum Gasteiger partial charge on any atom is -0.492 e. The molecule has 12 heteroatoms. The molecule has 0 atom stereocenters. The van der Waals surface area contributed by atoms with Crippen LogP contribution in [0.2, 0.25) is 0 Å². The molecule has 0 saturated carbocycles. The number of rotatable bonds is 12. The number of hydrogen-bond acceptors (Lipinski definition) is 10. The molecule has 0 bridgehead atoms. The monoisotopic (exact) mass is 1840 g/mol. The Bertz CT molecular complexity index is 4990. The quantitative estimate of drug-likeness (QED) is 0.110. The standard InChI is InChI=1S/4C18H14N.2C15H15N3.2Ir/c4*1-14-12-18(16-10-6-3-7-11-16)19-13-17(14)15-8-4-2-5-9-15;2*1-12(2)17-11-18(13-7-4-3-5-8-13)14-9-6-10-16-15(14)17;;/h4*2-10,12-13H,1H3;2*3-7,9-12H,1-2H3;;/q4*-1;2*-2;;. The Hall–Kier alpha value is -12.4. The number of hydrogen-bond donors (Lipinski definition) is 0. The largest absolute Gasteiger partial charge is 0.492 e. The van der Waals surface area contributed by atoms with E-state index in [4.69, 9.17) is 0 Å². The first-order valence-electron chi connectivity index (χ1n) is 37.6. The fraction of sp³-hybridized carbons (Fsp3) is 0.0980. The number of para-hydroxylation sites is 2. The molecule has 10 aromatic carbocycles. The number of nitrogens with zero attached hydrogens (tertiary/aromatic N) is 10. The number of benzene rings is 10. The number of aryl methyl sites for hydroxylation is 4. The minimum atomic E-state index is 0. The average molecular weight is 1840 g/mol. The zero-order valence-corrected chi connectivity index (χ0v) is 69.7. The molecule has 8 heterocycles. The van der Waals surface area contributed by atoms with Crippen molar-refractivity contribution in [3.8, 4) is 89.5 Å². The van der Waals surface area contributed by atoms with Crippen molar-refractivity contribution in [1.82, 2.24) is 29.9 Å². The first-order valence-corrected chi connectivity index (χ1v) is 37.6.